The molecule has 0 bridgehead atoms. The van der Waals surface area contributed by atoms with Crippen molar-refractivity contribution in [3.63, 3.8) is 0 Å². The van der Waals surface area contributed by atoms with Gasteiger partial charge in [0.2, 0.25) is 0 Å². The number of carboxylic acids is 1. The number of carboxylic acid groups (broad SMARTS) is 1. The van der Waals surface area contributed by atoms with Gasteiger partial charge in [-0.15, -0.1) is 0 Å². The highest BCUT2D eigenvalue weighted by Crippen LogP contribution is 2.07. The van der Waals surface area contributed by atoms with Crippen LogP contribution in [0, 0.1) is 6.92 Å². The van der Waals surface area contributed by atoms with Gasteiger partial charge in [0.25, 0.3) is 5.91 Å². The molecule has 15 heavy (non-hydrogen) atoms. The van der Waals surface area contributed by atoms with Gasteiger partial charge in [-0.05, 0) is 20.8 Å². The van der Waals surface area contributed by atoms with Crippen LogP contribution in [-0.4, -0.2) is 32.7 Å². The topological polar surface area (TPSA) is 95.1 Å². The zero-order valence-corrected chi connectivity index (χ0v) is 8.79. The maximum Gasteiger partial charge on any atom is 0.328 e. The molecule has 0 fully saturated rings. The number of aromatic amines is 1. The molecule has 1 rings (SSSR count). The van der Waals surface area contributed by atoms with Crippen molar-refractivity contribution < 1.29 is 14.7 Å². The number of nitrogens with one attached hydrogen (secondary N) is 2. The average molecular weight is 211 g/mol. The summed E-state index contributed by atoms with van der Waals surface area (Å²) in [6, 6.07) is 0. The number of hydrogen-bond acceptors (Lipinski definition) is 3. The Labute approximate surface area is 86.7 Å². The van der Waals surface area contributed by atoms with Crippen molar-refractivity contribution in [1.29, 1.82) is 0 Å². The van der Waals surface area contributed by atoms with Crippen molar-refractivity contribution >= 4 is 11.9 Å². The van der Waals surface area contributed by atoms with Crippen LogP contribution in [0.3, 0.4) is 0 Å². The molecule has 1 aromatic heterocycles. The maximum atomic E-state index is 11.6. The largest absolute Gasteiger partial charge is 0.480 e. The van der Waals surface area contributed by atoms with E-state index in [0.29, 0.717) is 11.3 Å². The van der Waals surface area contributed by atoms with Gasteiger partial charge in [-0.2, -0.15) is 5.10 Å². The third-order valence-corrected chi connectivity index (χ3v) is 2.04. The molecule has 0 unspecified atom stereocenters. The molecule has 0 saturated carbocycles. The van der Waals surface area contributed by atoms with E-state index in [4.69, 9.17) is 5.11 Å². The first-order valence-electron chi connectivity index (χ1n) is 4.40. The molecule has 3 N–H and O–H groups in total. The SMILES string of the molecule is Cc1[nH]ncc1C(=O)NC(C)(C)C(=O)O. The molecule has 6 heteroatoms. The van der Waals surface area contributed by atoms with Gasteiger partial charge < -0.3 is 10.4 Å². The predicted octanol–water partition coefficient (Wildman–Crippen LogP) is 0.311. The summed E-state index contributed by atoms with van der Waals surface area (Å²) in [5, 5.41) is 17.5. The van der Waals surface area contributed by atoms with Crippen LogP contribution in [0.25, 0.3) is 0 Å². The normalized spacial score (nSPS) is 11.1. The Balaban J connectivity index is 2.81. The van der Waals surface area contributed by atoms with E-state index in [-0.39, 0.29) is 0 Å². The molecule has 0 atom stereocenters. The first-order valence-corrected chi connectivity index (χ1v) is 4.40. The van der Waals surface area contributed by atoms with Crippen molar-refractivity contribution in [3.05, 3.63) is 17.5 Å². The molecule has 0 aliphatic rings. The number of aryl methyl sites for hydroxylation is 1. The fourth-order valence-electron chi connectivity index (χ4n) is 0.984. The van der Waals surface area contributed by atoms with E-state index >= 15 is 0 Å². The highest BCUT2D eigenvalue weighted by atomic mass is 16.4. The molecule has 0 aromatic carbocycles. The zero-order chi connectivity index (χ0) is 11.6. The summed E-state index contributed by atoms with van der Waals surface area (Å²) < 4.78 is 0. The van der Waals surface area contributed by atoms with Gasteiger partial charge >= 0.3 is 5.97 Å². The molecule has 0 radical (unpaired) electrons. The van der Waals surface area contributed by atoms with Crippen LogP contribution in [0.5, 0.6) is 0 Å². The molecule has 82 valence electrons. The number of nitrogens with zero attached hydrogens (tertiary/aromatic N) is 1. The molecule has 1 aromatic rings. The van der Waals surface area contributed by atoms with E-state index in [1.54, 1.807) is 6.92 Å². The van der Waals surface area contributed by atoms with E-state index in [2.05, 4.69) is 15.5 Å². The molecule has 0 aliphatic heterocycles. The lowest BCUT2D eigenvalue weighted by Crippen LogP contribution is -2.49. The lowest BCUT2D eigenvalue weighted by atomic mass is 10.1. The first kappa shape index (κ1) is 11.2. The number of carbonyl (C=O) groups excluding carboxylic acids is 1. The molecular weight excluding hydrogens is 198 g/mol. The van der Waals surface area contributed by atoms with Crippen molar-refractivity contribution in [2.45, 2.75) is 26.3 Å². The van der Waals surface area contributed by atoms with E-state index in [9.17, 15) is 9.59 Å². The van der Waals surface area contributed by atoms with Crippen molar-refractivity contribution in [1.82, 2.24) is 15.5 Å². The standard InChI is InChI=1S/C9H13N3O3/c1-5-6(4-10-12-5)7(13)11-9(2,3)8(14)15/h4H,1-3H3,(H,10,12)(H,11,13)(H,14,15). The van der Waals surface area contributed by atoms with E-state index < -0.39 is 17.4 Å². The Morgan fingerprint density at radius 1 is 1.53 bits per heavy atom. The molecule has 0 aliphatic carbocycles. The monoisotopic (exact) mass is 211 g/mol. The lowest BCUT2D eigenvalue weighted by Gasteiger charge is -2.20. The van der Waals surface area contributed by atoms with Crippen LogP contribution in [0.4, 0.5) is 0 Å². The molecule has 0 saturated heterocycles. The minimum Gasteiger partial charge on any atom is -0.480 e. The summed E-state index contributed by atoms with van der Waals surface area (Å²) in [6.07, 6.45) is 1.36. The van der Waals surface area contributed by atoms with E-state index in [1.165, 1.54) is 20.0 Å². The Hall–Kier alpha value is -1.85. The van der Waals surface area contributed by atoms with Gasteiger partial charge in [-0.25, -0.2) is 4.79 Å². The number of aliphatic carboxylic acids is 1. The predicted molar refractivity (Wildman–Crippen MR) is 52.5 cm³/mol. The summed E-state index contributed by atoms with van der Waals surface area (Å²) in [6.45, 7) is 4.53. The Kier molecular flexibility index (Phi) is 2.78. The molecule has 6 nitrogen and oxygen atoms in total. The van der Waals surface area contributed by atoms with Crippen molar-refractivity contribution in [2.75, 3.05) is 0 Å². The van der Waals surface area contributed by atoms with Gasteiger partial charge in [0.15, 0.2) is 0 Å². The number of carbonyl (C=O) groups is 2. The first-order chi connectivity index (χ1) is 6.84. The van der Waals surface area contributed by atoms with Gasteiger partial charge in [0.1, 0.15) is 5.54 Å². The fourth-order valence-corrected chi connectivity index (χ4v) is 0.984. The molecule has 0 spiro atoms. The fraction of sp³-hybridized carbons (Fsp3) is 0.444. The minimum absolute atomic E-state index is 0.351. The minimum atomic E-state index is -1.29. The van der Waals surface area contributed by atoms with E-state index in [1.807, 2.05) is 0 Å². The van der Waals surface area contributed by atoms with Crippen LogP contribution < -0.4 is 5.32 Å². The van der Waals surface area contributed by atoms with Crippen molar-refractivity contribution in [2.24, 2.45) is 0 Å². The number of rotatable bonds is 3. The van der Waals surface area contributed by atoms with Crippen LogP contribution in [0.1, 0.15) is 29.9 Å². The third-order valence-electron chi connectivity index (χ3n) is 2.04. The van der Waals surface area contributed by atoms with Crippen LogP contribution in [0.15, 0.2) is 6.20 Å². The summed E-state index contributed by atoms with van der Waals surface area (Å²) in [5.74, 6) is -1.54. The summed E-state index contributed by atoms with van der Waals surface area (Å²) in [4.78, 5) is 22.4. The molecular formula is C9H13N3O3. The maximum absolute atomic E-state index is 11.6. The summed E-state index contributed by atoms with van der Waals surface area (Å²) in [5.41, 5.74) is -0.334. The number of H-pyrrole nitrogens is 1. The van der Waals surface area contributed by atoms with Gasteiger partial charge in [0, 0.05) is 5.69 Å². The highest BCUT2D eigenvalue weighted by Gasteiger charge is 2.29. The Morgan fingerprint density at radius 3 is 2.53 bits per heavy atom. The Morgan fingerprint density at radius 2 is 2.13 bits per heavy atom. The molecule has 1 heterocycles. The smallest absolute Gasteiger partial charge is 0.328 e. The van der Waals surface area contributed by atoms with E-state index in [0.717, 1.165) is 0 Å². The van der Waals surface area contributed by atoms with Gasteiger partial charge in [-0.1, -0.05) is 0 Å². The highest BCUT2D eigenvalue weighted by molar-refractivity contribution is 5.98. The van der Waals surface area contributed by atoms with Crippen molar-refractivity contribution in [3.8, 4) is 0 Å². The average Bonchev–Trinajstić information content (AvgIpc) is 2.50. The number of hydrogen-bond donors (Lipinski definition) is 3. The van der Waals surface area contributed by atoms with Crippen LogP contribution in [-0.2, 0) is 4.79 Å². The van der Waals surface area contributed by atoms with Gasteiger partial charge in [0.05, 0.1) is 11.8 Å². The second-order valence-corrected chi connectivity index (χ2v) is 3.79. The van der Waals surface area contributed by atoms with Gasteiger partial charge in [-0.3, -0.25) is 9.89 Å². The summed E-state index contributed by atoms with van der Waals surface area (Å²) >= 11 is 0. The van der Waals surface area contributed by atoms with Crippen LogP contribution >= 0.6 is 0 Å². The third kappa shape index (κ3) is 2.34. The van der Waals surface area contributed by atoms with Crippen LogP contribution in [0.2, 0.25) is 0 Å². The second kappa shape index (κ2) is 3.72. The number of amides is 1. The second-order valence-electron chi connectivity index (χ2n) is 3.79. The zero-order valence-electron chi connectivity index (χ0n) is 8.79. The quantitative estimate of drug-likeness (QED) is 0.670. The Bertz CT molecular complexity index is 395. The number of aromatic nitrogens is 2. The lowest BCUT2D eigenvalue weighted by molar-refractivity contribution is -0.143. The summed E-state index contributed by atoms with van der Waals surface area (Å²) in [7, 11) is 0. The molecule has 1 amide bonds.